The van der Waals surface area contributed by atoms with E-state index in [9.17, 15) is 4.79 Å². The van der Waals surface area contributed by atoms with Crippen LogP contribution in [0.1, 0.15) is 36.0 Å². The Morgan fingerprint density at radius 3 is 3.10 bits per heavy atom. The van der Waals surface area contributed by atoms with Gasteiger partial charge in [0.2, 0.25) is 0 Å². The average Bonchev–Trinajstić information content (AvgIpc) is 2.53. The standard InChI is InChI=1S/C15H20BrN3O2/c1-17-14-11(8-10(16)9-18-14)15(20)19-6-7-21-13-5-3-2-4-12(13)19/h8-9,12-13H,2-7H2,1H3,(H,17,18). The number of rotatable bonds is 2. The zero-order valence-electron chi connectivity index (χ0n) is 12.1. The van der Waals surface area contributed by atoms with E-state index in [4.69, 9.17) is 4.74 Å². The van der Waals surface area contributed by atoms with Crippen molar-refractivity contribution in [1.29, 1.82) is 0 Å². The van der Waals surface area contributed by atoms with Crippen LogP contribution < -0.4 is 5.32 Å². The first-order valence-corrected chi connectivity index (χ1v) is 8.26. The van der Waals surface area contributed by atoms with Crippen LogP contribution in [0.15, 0.2) is 16.7 Å². The molecule has 1 aromatic rings. The molecule has 0 aromatic carbocycles. The highest BCUT2D eigenvalue weighted by molar-refractivity contribution is 9.10. The molecule has 1 N–H and O–H groups in total. The number of fused-ring (bicyclic) bond motifs is 1. The molecule has 6 heteroatoms. The van der Waals surface area contributed by atoms with Crippen molar-refractivity contribution in [2.24, 2.45) is 0 Å². The van der Waals surface area contributed by atoms with Crippen LogP contribution in [0.5, 0.6) is 0 Å². The van der Waals surface area contributed by atoms with E-state index in [0.717, 1.165) is 17.3 Å². The lowest BCUT2D eigenvalue weighted by molar-refractivity contribution is -0.0752. The predicted octanol–water partition coefficient (Wildman–Crippen LogP) is 2.67. The molecule has 1 aliphatic carbocycles. The van der Waals surface area contributed by atoms with Gasteiger partial charge in [-0.2, -0.15) is 0 Å². The number of hydrogen-bond donors (Lipinski definition) is 1. The molecule has 114 valence electrons. The molecular formula is C15H20BrN3O2. The van der Waals surface area contributed by atoms with Crippen molar-refractivity contribution in [3.63, 3.8) is 0 Å². The molecule has 0 spiro atoms. The van der Waals surface area contributed by atoms with Crippen molar-refractivity contribution in [1.82, 2.24) is 9.88 Å². The van der Waals surface area contributed by atoms with Gasteiger partial charge < -0.3 is 15.0 Å². The van der Waals surface area contributed by atoms with Crippen LogP contribution in [-0.4, -0.2) is 48.1 Å². The third-order valence-corrected chi connectivity index (χ3v) is 4.75. The van der Waals surface area contributed by atoms with E-state index in [0.29, 0.717) is 24.5 Å². The average molecular weight is 354 g/mol. The third-order valence-electron chi connectivity index (χ3n) is 4.31. The molecule has 1 aromatic heterocycles. The van der Waals surface area contributed by atoms with Gasteiger partial charge in [-0.25, -0.2) is 4.98 Å². The second kappa shape index (κ2) is 6.32. The number of aromatic nitrogens is 1. The summed E-state index contributed by atoms with van der Waals surface area (Å²) in [6, 6.07) is 2.05. The molecule has 2 unspecified atom stereocenters. The fourth-order valence-corrected chi connectivity index (χ4v) is 3.64. The third kappa shape index (κ3) is 2.92. The van der Waals surface area contributed by atoms with Gasteiger partial charge in [-0.15, -0.1) is 0 Å². The fourth-order valence-electron chi connectivity index (χ4n) is 3.30. The Labute approximate surface area is 133 Å². The van der Waals surface area contributed by atoms with Crippen LogP contribution in [-0.2, 0) is 4.74 Å². The van der Waals surface area contributed by atoms with Gasteiger partial charge in [0.25, 0.3) is 5.91 Å². The molecular weight excluding hydrogens is 334 g/mol. The van der Waals surface area contributed by atoms with Crippen molar-refractivity contribution < 1.29 is 9.53 Å². The Kier molecular flexibility index (Phi) is 4.45. The largest absolute Gasteiger partial charge is 0.374 e. The Bertz CT molecular complexity index is 536. The number of carbonyl (C=O) groups excluding carboxylic acids is 1. The summed E-state index contributed by atoms with van der Waals surface area (Å²) in [6.07, 6.45) is 6.37. The van der Waals surface area contributed by atoms with Crippen LogP contribution in [0.3, 0.4) is 0 Å². The molecule has 2 aliphatic rings. The molecule has 21 heavy (non-hydrogen) atoms. The second-order valence-corrected chi connectivity index (χ2v) is 6.47. The first-order chi connectivity index (χ1) is 10.2. The Morgan fingerprint density at radius 2 is 2.29 bits per heavy atom. The normalized spacial score (nSPS) is 25.3. The first-order valence-electron chi connectivity index (χ1n) is 7.46. The molecule has 2 heterocycles. The van der Waals surface area contributed by atoms with Crippen LogP contribution in [0, 0.1) is 0 Å². The van der Waals surface area contributed by atoms with Gasteiger partial charge in [-0.1, -0.05) is 12.8 Å². The van der Waals surface area contributed by atoms with Crippen molar-refractivity contribution in [3.8, 4) is 0 Å². The predicted molar refractivity (Wildman–Crippen MR) is 84.5 cm³/mol. The molecule has 1 amide bonds. The van der Waals surface area contributed by atoms with Gasteiger partial charge in [0.15, 0.2) is 0 Å². The number of nitrogens with zero attached hydrogens (tertiary/aromatic N) is 2. The maximum atomic E-state index is 13.0. The summed E-state index contributed by atoms with van der Waals surface area (Å²) in [4.78, 5) is 19.2. The Balaban J connectivity index is 1.88. The quantitative estimate of drug-likeness (QED) is 0.887. The minimum absolute atomic E-state index is 0.0494. The number of nitrogens with one attached hydrogen (secondary N) is 1. The lowest BCUT2D eigenvalue weighted by atomic mass is 9.89. The summed E-state index contributed by atoms with van der Waals surface area (Å²) < 4.78 is 6.66. The molecule has 0 bridgehead atoms. The second-order valence-electron chi connectivity index (χ2n) is 5.56. The van der Waals surface area contributed by atoms with Gasteiger partial charge in [-0.05, 0) is 34.8 Å². The number of amides is 1. The minimum Gasteiger partial charge on any atom is -0.374 e. The van der Waals surface area contributed by atoms with E-state index in [1.165, 1.54) is 12.8 Å². The highest BCUT2D eigenvalue weighted by atomic mass is 79.9. The van der Waals surface area contributed by atoms with Crippen LogP contribution in [0.25, 0.3) is 0 Å². The van der Waals surface area contributed by atoms with Gasteiger partial charge in [0, 0.05) is 24.3 Å². The van der Waals surface area contributed by atoms with E-state index in [2.05, 4.69) is 26.2 Å². The van der Waals surface area contributed by atoms with Crippen LogP contribution in [0.2, 0.25) is 0 Å². The summed E-state index contributed by atoms with van der Waals surface area (Å²) in [6.45, 7) is 1.29. The zero-order chi connectivity index (χ0) is 14.8. The molecule has 2 fully saturated rings. The maximum Gasteiger partial charge on any atom is 0.258 e. The first kappa shape index (κ1) is 14.8. The number of ether oxygens (including phenoxy) is 1. The van der Waals surface area contributed by atoms with E-state index in [1.807, 2.05) is 11.0 Å². The summed E-state index contributed by atoms with van der Waals surface area (Å²) in [5.74, 6) is 0.676. The number of pyridine rings is 1. The number of carbonyl (C=O) groups is 1. The Hall–Kier alpha value is -1.14. The minimum atomic E-state index is 0.0494. The number of morpholine rings is 1. The van der Waals surface area contributed by atoms with Gasteiger partial charge >= 0.3 is 0 Å². The Morgan fingerprint density at radius 1 is 1.48 bits per heavy atom. The molecule has 5 nitrogen and oxygen atoms in total. The monoisotopic (exact) mass is 353 g/mol. The molecule has 3 rings (SSSR count). The zero-order valence-corrected chi connectivity index (χ0v) is 13.7. The fraction of sp³-hybridized carbons (Fsp3) is 0.600. The lowest BCUT2D eigenvalue weighted by Crippen LogP contribution is -2.54. The molecule has 1 saturated carbocycles. The number of halogens is 1. The highest BCUT2D eigenvalue weighted by Gasteiger charge is 2.37. The van der Waals surface area contributed by atoms with E-state index >= 15 is 0 Å². The molecule has 1 aliphatic heterocycles. The van der Waals surface area contributed by atoms with Crippen molar-refractivity contribution in [2.75, 3.05) is 25.5 Å². The van der Waals surface area contributed by atoms with E-state index in [1.54, 1.807) is 13.2 Å². The summed E-state index contributed by atoms with van der Waals surface area (Å²) >= 11 is 3.40. The SMILES string of the molecule is CNc1ncc(Br)cc1C(=O)N1CCOC2CCCCC21. The van der Waals surface area contributed by atoms with E-state index < -0.39 is 0 Å². The summed E-state index contributed by atoms with van der Waals surface area (Å²) in [5, 5.41) is 3.00. The van der Waals surface area contributed by atoms with Gasteiger partial charge in [0.05, 0.1) is 24.3 Å². The summed E-state index contributed by atoms with van der Waals surface area (Å²) in [5.41, 5.74) is 0.623. The van der Waals surface area contributed by atoms with Crippen LogP contribution >= 0.6 is 15.9 Å². The summed E-state index contributed by atoms with van der Waals surface area (Å²) in [7, 11) is 1.79. The van der Waals surface area contributed by atoms with Gasteiger partial charge in [0.1, 0.15) is 5.82 Å². The molecule has 0 radical (unpaired) electrons. The number of anilines is 1. The van der Waals surface area contributed by atoms with Crippen molar-refractivity contribution in [2.45, 2.75) is 37.8 Å². The topological polar surface area (TPSA) is 54.5 Å². The smallest absolute Gasteiger partial charge is 0.258 e. The number of hydrogen-bond acceptors (Lipinski definition) is 4. The van der Waals surface area contributed by atoms with Gasteiger partial charge in [-0.3, -0.25) is 4.79 Å². The highest BCUT2D eigenvalue weighted by Crippen LogP contribution is 2.30. The molecule has 1 saturated heterocycles. The maximum absolute atomic E-state index is 13.0. The van der Waals surface area contributed by atoms with Crippen molar-refractivity contribution >= 4 is 27.7 Å². The van der Waals surface area contributed by atoms with E-state index in [-0.39, 0.29) is 18.1 Å². The van der Waals surface area contributed by atoms with Crippen molar-refractivity contribution in [3.05, 3.63) is 22.3 Å². The lowest BCUT2D eigenvalue weighted by Gasteiger charge is -2.43. The van der Waals surface area contributed by atoms with Crippen LogP contribution in [0.4, 0.5) is 5.82 Å². The molecule has 2 atom stereocenters.